The van der Waals surface area contributed by atoms with Crippen molar-refractivity contribution in [2.45, 2.75) is 43.3 Å². The molecule has 1 atom stereocenters. The second kappa shape index (κ2) is 9.05. The Balaban J connectivity index is 1.59. The highest BCUT2D eigenvalue weighted by Gasteiger charge is 2.21. The molecule has 4 nitrogen and oxygen atoms in total. The SMILES string of the molecule is CC(Sc1nnc(CN2CCCC2)n1Cc1ccccc1)c1ccc(F)c(F)c1. The van der Waals surface area contributed by atoms with Crippen molar-refractivity contribution in [3.05, 3.63) is 77.1 Å². The molecule has 2 heterocycles. The van der Waals surface area contributed by atoms with Gasteiger partial charge in [0, 0.05) is 5.25 Å². The molecule has 0 bridgehead atoms. The van der Waals surface area contributed by atoms with E-state index in [1.807, 2.05) is 25.1 Å². The molecule has 0 amide bonds. The Morgan fingerprint density at radius 2 is 1.72 bits per heavy atom. The molecule has 0 saturated carbocycles. The first kappa shape index (κ1) is 20.0. The van der Waals surface area contributed by atoms with E-state index in [-0.39, 0.29) is 5.25 Å². The summed E-state index contributed by atoms with van der Waals surface area (Å²) in [4.78, 5) is 2.40. The van der Waals surface area contributed by atoms with Crippen molar-refractivity contribution in [1.29, 1.82) is 0 Å². The highest BCUT2D eigenvalue weighted by molar-refractivity contribution is 7.99. The molecule has 29 heavy (non-hydrogen) atoms. The molecule has 0 aliphatic carbocycles. The molecular formula is C22H24F2N4S. The molecule has 1 aliphatic heterocycles. The number of halogens is 2. The zero-order valence-electron chi connectivity index (χ0n) is 16.4. The van der Waals surface area contributed by atoms with E-state index >= 15 is 0 Å². The van der Waals surface area contributed by atoms with Gasteiger partial charge in [-0.05, 0) is 56.1 Å². The fourth-order valence-corrected chi connectivity index (χ4v) is 4.56. The molecule has 0 spiro atoms. The minimum Gasteiger partial charge on any atom is -0.300 e. The van der Waals surface area contributed by atoms with Gasteiger partial charge in [0.25, 0.3) is 0 Å². The Bertz CT molecular complexity index is 955. The largest absolute Gasteiger partial charge is 0.300 e. The van der Waals surface area contributed by atoms with Gasteiger partial charge in [0.15, 0.2) is 16.8 Å². The van der Waals surface area contributed by atoms with E-state index in [0.717, 1.165) is 36.2 Å². The van der Waals surface area contributed by atoms with Crippen LogP contribution in [0.5, 0.6) is 0 Å². The molecule has 7 heteroatoms. The Morgan fingerprint density at radius 1 is 0.966 bits per heavy atom. The summed E-state index contributed by atoms with van der Waals surface area (Å²) in [6, 6.07) is 14.3. The molecule has 0 N–H and O–H groups in total. The molecule has 1 unspecified atom stereocenters. The average Bonchev–Trinajstić information content (AvgIpc) is 3.36. The topological polar surface area (TPSA) is 34.0 Å². The minimum atomic E-state index is -0.828. The Kier molecular flexibility index (Phi) is 6.25. The van der Waals surface area contributed by atoms with Crippen molar-refractivity contribution in [3.63, 3.8) is 0 Å². The van der Waals surface area contributed by atoms with E-state index in [1.54, 1.807) is 6.07 Å². The molecule has 1 saturated heterocycles. The molecule has 1 fully saturated rings. The van der Waals surface area contributed by atoms with Gasteiger partial charge >= 0.3 is 0 Å². The number of thioether (sulfide) groups is 1. The number of likely N-dealkylation sites (tertiary alicyclic amines) is 1. The Labute approximate surface area is 174 Å². The van der Waals surface area contributed by atoms with Gasteiger partial charge < -0.3 is 4.57 Å². The summed E-state index contributed by atoms with van der Waals surface area (Å²) >= 11 is 1.52. The summed E-state index contributed by atoms with van der Waals surface area (Å²) in [7, 11) is 0. The van der Waals surface area contributed by atoms with Crippen molar-refractivity contribution < 1.29 is 8.78 Å². The predicted molar refractivity (Wildman–Crippen MR) is 111 cm³/mol. The third-order valence-electron chi connectivity index (χ3n) is 5.24. The molecule has 152 valence electrons. The van der Waals surface area contributed by atoms with Gasteiger partial charge in [-0.1, -0.05) is 48.2 Å². The van der Waals surface area contributed by atoms with Gasteiger partial charge in [0.05, 0.1) is 13.1 Å². The number of hydrogen-bond acceptors (Lipinski definition) is 4. The number of hydrogen-bond donors (Lipinski definition) is 0. The van der Waals surface area contributed by atoms with Crippen molar-refractivity contribution in [1.82, 2.24) is 19.7 Å². The van der Waals surface area contributed by atoms with Gasteiger partial charge in [-0.3, -0.25) is 4.90 Å². The first-order valence-corrected chi connectivity index (χ1v) is 10.8. The first-order chi connectivity index (χ1) is 14.1. The van der Waals surface area contributed by atoms with Crippen LogP contribution in [0.3, 0.4) is 0 Å². The maximum Gasteiger partial charge on any atom is 0.192 e. The van der Waals surface area contributed by atoms with Crippen LogP contribution in [0.1, 0.15) is 42.0 Å². The normalized spacial score (nSPS) is 15.7. The maximum absolute atomic E-state index is 13.7. The van der Waals surface area contributed by atoms with E-state index in [1.165, 1.54) is 42.3 Å². The van der Waals surface area contributed by atoms with Crippen LogP contribution >= 0.6 is 11.8 Å². The van der Waals surface area contributed by atoms with Crippen LogP contribution in [-0.2, 0) is 13.1 Å². The minimum absolute atomic E-state index is 0.0801. The molecular weight excluding hydrogens is 390 g/mol. The second-order valence-electron chi connectivity index (χ2n) is 7.39. The van der Waals surface area contributed by atoms with Crippen molar-refractivity contribution >= 4 is 11.8 Å². The molecule has 4 rings (SSSR count). The van der Waals surface area contributed by atoms with Crippen LogP contribution in [0, 0.1) is 11.6 Å². The van der Waals surface area contributed by atoms with Crippen molar-refractivity contribution in [2.24, 2.45) is 0 Å². The van der Waals surface area contributed by atoms with Crippen LogP contribution in [0.2, 0.25) is 0 Å². The summed E-state index contributed by atoms with van der Waals surface area (Å²) in [5.41, 5.74) is 1.90. The molecule has 2 aromatic carbocycles. The van der Waals surface area contributed by atoms with Crippen molar-refractivity contribution in [2.75, 3.05) is 13.1 Å². The molecule has 1 aromatic heterocycles. The van der Waals surface area contributed by atoms with Gasteiger partial charge in [-0.25, -0.2) is 8.78 Å². The van der Waals surface area contributed by atoms with Crippen LogP contribution in [0.15, 0.2) is 53.7 Å². The van der Waals surface area contributed by atoms with E-state index < -0.39 is 11.6 Å². The number of benzene rings is 2. The smallest absolute Gasteiger partial charge is 0.192 e. The summed E-state index contributed by atoms with van der Waals surface area (Å²) in [6.45, 7) is 5.61. The summed E-state index contributed by atoms with van der Waals surface area (Å²) in [5.74, 6) is -0.711. The predicted octanol–water partition coefficient (Wildman–Crippen LogP) is 5.05. The number of aromatic nitrogens is 3. The highest BCUT2D eigenvalue weighted by atomic mass is 32.2. The van der Waals surface area contributed by atoms with Gasteiger partial charge in [-0.15, -0.1) is 10.2 Å². The average molecular weight is 415 g/mol. The number of nitrogens with zero attached hydrogens (tertiary/aromatic N) is 4. The Morgan fingerprint density at radius 3 is 2.45 bits per heavy atom. The fourth-order valence-electron chi connectivity index (χ4n) is 3.58. The fraction of sp³-hybridized carbons (Fsp3) is 0.364. The van der Waals surface area contributed by atoms with Gasteiger partial charge in [0.2, 0.25) is 0 Å². The van der Waals surface area contributed by atoms with Crippen LogP contribution in [0.25, 0.3) is 0 Å². The van der Waals surface area contributed by atoms with Gasteiger partial charge in [0.1, 0.15) is 5.82 Å². The van der Waals surface area contributed by atoms with E-state index in [4.69, 9.17) is 0 Å². The second-order valence-corrected chi connectivity index (χ2v) is 8.70. The van der Waals surface area contributed by atoms with Crippen molar-refractivity contribution in [3.8, 4) is 0 Å². The summed E-state index contributed by atoms with van der Waals surface area (Å²) < 4.78 is 29.1. The third-order valence-corrected chi connectivity index (χ3v) is 6.37. The molecule has 1 aliphatic rings. The standard InChI is InChI=1S/C22H24F2N4S/c1-16(18-9-10-19(23)20(24)13-18)29-22-26-25-21(15-27-11-5-6-12-27)28(22)14-17-7-3-2-4-8-17/h2-4,7-10,13,16H,5-6,11-12,14-15H2,1H3. The first-order valence-electron chi connectivity index (χ1n) is 9.90. The lowest BCUT2D eigenvalue weighted by molar-refractivity contribution is 0.316. The summed E-state index contributed by atoms with van der Waals surface area (Å²) in [6.07, 6.45) is 2.45. The maximum atomic E-state index is 13.7. The molecule has 3 aromatic rings. The van der Waals surface area contributed by atoms with Crippen LogP contribution in [0.4, 0.5) is 8.78 Å². The summed E-state index contributed by atoms with van der Waals surface area (Å²) in [5, 5.41) is 9.62. The van der Waals surface area contributed by atoms with E-state index in [2.05, 4.69) is 31.8 Å². The van der Waals surface area contributed by atoms with E-state index in [0.29, 0.717) is 6.54 Å². The Hall–Kier alpha value is -2.25. The van der Waals surface area contributed by atoms with Crippen LogP contribution in [-0.4, -0.2) is 32.8 Å². The quantitative estimate of drug-likeness (QED) is 0.507. The van der Waals surface area contributed by atoms with E-state index in [9.17, 15) is 8.78 Å². The zero-order chi connectivity index (χ0) is 20.2. The highest BCUT2D eigenvalue weighted by Crippen LogP contribution is 2.35. The third kappa shape index (κ3) is 4.85. The zero-order valence-corrected chi connectivity index (χ0v) is 17.2. The lowest BCUT2D eigenvalue weighted by atomic mass is 10.1. The molecule has 0 radical (unpaired) electrons. The monoisotopic (exact) mass is 414 g/mol. The lowest BCUT2D eigenvalue weighted by Crippen LogP contribution is -2.21. The number of rotatable bonds is 7. The van der Waals surface area contributed by atoms with Gasteiger partial charge in [-0.2, -0.15) is 0 Å². The van der Waals surface area contributed by atoms with Crippen LogP contribution < -0.4 is 0 Å². The lowest BCUT2D eigenvalue weighted by Gasteiger charge is -2.17.